The Morgan fingerprint density at radius 1 is 0.960 bits per heavy atom. The van der Waals surface area contributed by atoms with E-state index < -0.39 is 5.97 Å². The minimum absolute atomic E-state index is 0.410. The first-order valence-electron chi connectivity index (χ1n) is 8.48. The number of rotatable bonds is 10. The van der Waals surface area contributed by atoms with Crippen LogP contribution in [0.25, 0.3) is 0 Å². The van der Waals surface area contributed by atoms with Crippen LogP contribution in [0.2, 0.25) is 0 Å². The number of benzene rings is 2. The Kier molecular flexibility index (Phi) is 7.50. The first-order chi connectivity index (χ1) is 12.2. The Morgan fingerprint density at radius 2 is 1.64 bits per heavy atom. The molecule has 2 aromatic rings. The van der Waals surface area contributed by atoms with E-state index in [1.165, 1.54) is 19.3 Å². The number of nitrogens with one attached hydrogen (secondary N) is 1. The summed E-state index contributed by atoms with van der Waals surface area (Å²) in [7, 11) is 0. The molecule has 0 saturated heterocycles. The fourth-order valence-corrected chi connectivity index (χ4v) is 2.26. The lowest BCUT2D eigenvalue weighted by Crippen LogP contribution is -2.08. The zero-order valence-electron chi connectivity index (χ0n) is 14.4. The number of ether oxygens (including phenoxy) is 2. The van der Waals surface area contributed by atoms with Gasteiger partial charge in [0.25, 0.3) is 0 Å². The minimum Gasteiger partial charge on any atom is -0.494 e. The van der Waals surface area contributed by atoms with Crippen molar-refractivity contribution in [2.75, 3.05) is 11.9 Å². The maximum atomic E-state index is 12.1. The average molecular weight is 341 g/mol. The number of carbonyl (C=O) groups is 2. The normalized spacial score (nSPS) is 10.1. The number of esters is 1. The molecule has 0 unspecified atom stereocenters. The van der Waals surface area contributed by atoms with E-state index in [2.05, 4.69) is 12.2 Å². The summed E-state index contributed by atoms with van der Waals surface area (Å²) in [6.45, 7) is 2.87. The highest BCUT2D eigenvalue weighted by molar-refractivity contribution is 5.91. The van der Waals surface area contributed by atoms with Crippen molar-refractivity contribution in [1.82, 2.24) is 0 Å². The van der Waals surface area contributed by atoms with Crippen LogP contribution >= 0.6 is 0 Å². The van der Waals surface area contributed by atoms with E-state index in [1.807, 2.05) is 0 Å². The van der Waals surface area contributed by atoms with E-state index in [4.69, 9.17) is 9.47 Å². The van der Waals surface area contributed by atoms with Crippen molar-refractivity contribution in [3.63, 3.8) is 0 Å². The summed E-state index contributed by atoms with van der Waals surface area (Å²) in [4.78, 5) is 22.5. The topological polar surface area (TPSA) is 64.6 Å². The Bertz CT molecular complexity index is 665. The molecule has 0 radical (unpaired) electrons. The highest BCUT2D eigenvalue weighted by Gasteiger charge is 2.08. The van der Waals surface area contributed by atoms with Gasteiger partial charge < -0.3 is 14.8 Å². The zero-order chi connectivity index (χ0) is 17.9. The second kappa shape index (κ2) is 10.1. The van der Waals surface area contributed by atoms with Crippen molar-refractivity contribution in [3.05, 3.63) is 54.1 Å². The first kappa shape index (κ1) is 18.5. The molecular weight excluding hydrogens is 318 g/mol. The number of amides is 1. The van der Waals surface area contributed by atoms with Crippen LogP contribution in [0.4, 0.5) is 5.69 Å². The standard InChI is InChI=1S/C20H23NO4/c1-2-3-4-5-14-24-18-10-12-19(13-11-18)25-20(23)16-6-8-17(9-7-16)21-15-22/h6-13,15H,2-5,14H2,1H3,(H,21,22). The van der Waals surface area contributed by atoms with Crippen LogP contribution in [-0.4, -0.2) is 19.0 Å². The van der Waals surface area contributed by atoms with E-state index in [9.17, 15) is 9.59 Å². The molecule has 0 fully saturated rings. The Labute approximate surface area is 148 Å². The first-order valence-corrected chi connectivity index (χ1v) is 8.48. The third kappa shape index (κ3) is 6.30. The summed E-state index contributed by atoms with van der Waals surface area (Å²) < 4.78 is 11.0. The van der Waals surface area contributed by atoms with Crippen LogP contribution in [-0.2, 0) is 4.79 Å². The molecular formula is C20H23NO4. The van der Waals surface area contributed by atoms with Gasteiger partial charge in [0, 0.05) is 5.69 Å². The lowest BCUT2D eigenvalue weighted by Gasteiger charge is -2.08. The molecule has 2 rings (SSSR count). The van der Waals surface area contributed by atoms with E-state index in [-0.39, 0.29) is 0 Å². The summed E-state index contributed by atoms with van der Waals surface area (Å²) in [6.07, 6.45) is 5.23. The third-order valence-electron chi connectivity index (χ3n) is 3.65. The molecule has 132 valence electrons. The molecule has 0 aliphatic heterocycles. The van der Waals surface area contributed by atoms with Gasteiger partial charge in [-0.25, -0.2) is 4.79 Å². The number of unbranched alkanes of at least 4 members (excludes halogenated alkanes) is 3. The molecule has 5 heteroatoms. The van der Waals surface area contributed by atoms with Gasteiger partial charge in [0.05, 0.1) is 12.2 Å². The van der Waals surface area contributed by atoms with E-state index in [1.54, 1.807) is 48.5 Å². The predicted octanol–water partition coefficient (Wildman–Crippen LogP) is 4.43. The van der Waals surface area contributed by atoms with Crippen molar-refractivity contribution < 1.29 is 19.1 Å². The Hall–Kier alpha value is -2.82. The molecule has 0 atom stereocenters. The molecule has 0 aliphatic carbocycles. The summed E-state index contributed by atoms with van der Waals surface area (Å²) in [5.74, 6) is 0.768. The van der Waals surface area contributed by atoms with Crippen molar-refractivity contribution in [2.45, 2.75) is 32.6 Å². The summed E-state index contributed by atoms with van der Waals surface area (Å²) in [5, 5.41) is 2.51. The fraction of sp³-hybridized carbons (Fsp3) is 0.300. The van der Waals surface area contributed by atoms with E-state index >= 15 is 0 Å². The third-order valence-corrected chi connectivity index (χ3v) is 3.65. The highest BCUT2D eigenvalue weighted by Crippen LogP contribution is 2.19. The molecule has 1 N–H and O–H groups in total. The number of carbonyl (C=O) groups excluding carboxylic acids is 2. The zero-order valence-corrected chi connectivity index (χ0v) is 14.4. The van der Waals surface area contributed by atoms with Crippen molar-refractivity contribution >= 4 is 18.1 Å². The Morgan fingerprint density at radius 3 is 2.28 bits per heavy atom. The van der Waals surface area contributed by atoms with Gasteiger partial charge in [-0.2, -0.15) is 0 Å². The number of hydrogen-bond donors (Lipinski definition) is 1. The van der Waals surface area contributed by atoms with Crippen molar-refractivity contribution in [1.29, 1.82) is 0 Å². The summed E-state index contributed by atoms with van der Waals surface area (Å²) in [6, 6.07) is 13.5. The lowest BCUT2D eigenvalue weighted by atomic mass is 10.2. The van der Waals surface area contributed by atoms with Crippen LogP contribution in [0.5, 0.6) is 11.5 Å². The largest absolute Gasteiger partial charge is 0.494 e. The molecule has 0 heterocycles. The van der Waals surface area contributed by atoms with E-state index in [0.717, 1.165) is 12.2 Å². The van der Waals surface area contributed by atoms with Gasteiger partial charge in [0.1, 0.15) is 11.5 Å². The Balaban J connectivity index is 1.83. The molecule has 25 heavy (non-hydrogen) atoms. The molecule has 0 saturated carbocycles. The fourth-order valence-electron chi connectivity index (χ4n) is 2.26. The van der Waals surface area contributed by atoms with Gasteiger partial charge in [-0.3, -0.25) is 4.79 Å². The number of hydrogen-bond acceptors (Lipinski definition) is 4. The van der Waals surface area contributed by atoms with Gasteiger partial charge >= 0.3 is 5.97 Å². The van der Waals surface area contributed by atoms with E-state index in [0.29, 0.717) is 30.0 Å². The molecule has 0 bridgehead atoms. The quantitative estimate of drug-likeness (QED) is 0.300. The van der Waals surface area contributed by atoms with Crippen molar-refractivity contribution in [2.24, 2.45) is 0 Å². The molecule has 1 amide bonds. The lowest BCUT2D eigenvalue weighted by molar-refractivity contribution is -0.105. The summed E-state index contributed by atoms with van der Waals surface area (Å²) in [5.41, 5.74) is 1.03. The average Bonchev–Trinajstić information content (AvgIpc) is 2.64. The van der Waals surface area contributed by atoms with Gasteiger partial charge in [-0.15, -0.1) is 0 Å². The van der Waals surface area contributed by atoms with Crippen molar-refractivity contribution in [3.8, 4) is 11.5 Å². The second-order valence-electron chi connectivity index (χ2n) is 5.61. The molecule has 0 aliphatic rings. The van der Waals surface area contributed by atoms with Crippen LogP contribution in [0, 0.1) is 0 Å². The van der Waals surface area contributed by atoms with Crippen LogP contribution in [0.1, 0.15) is 43.0 Å². The monoisotopic (exact) mass is 341 g/mol. The maximum absolute atomic E-state index is 12.1. The minimum atomic E-state index is -0.453. The van der Waals surface area contributed by atoms with Gasteiger partial charge in [-0.1, -0.05) is 26.2 Å². The molecule has 5 nitrogen and oxygen atoms in total. The summed E-state index contributed by atoms with van der Waals surface area (Å²) >= 11 is 0. The molecule has 0 aromatic heterocycles. The maximum Gasteiger partial charge on any atom is 0.343 e. The van der Waals surface area contributed by atoms with Crippen LogP contribution in [0.15, 0.2) is 48.5 Å². The highest BCUT2D eigenvalue weighted by atomic mass is 16.5. The molecule has 2 aromatic carbocycles. The smallest absolute Gasteiger partial charge is 0.343 e. The SMILES string of the molecule is CCCCCCOc1ccc(OC(=O)c2ccc(NC=O)cc2)cc1. The predicted molar refractivity (Wildman–Crippen MR) is 97.2 cm³/mol. The number of anilines is 1. The molecule has 0 spiro atoms. The van der Waals surface area contributed by atoms with Gasteiger partial charge in [0.15, 0.2) is 0 Å². The van der Waals surface area contributed by atoms with Gasteiger partial charge in [-0.05, 0) is 55.0 Å². The van der Waals surface area contributed by atoms with Crippen LogP contribution in [0.3, 0.4) is 0 Å². The van der Waals surface area contributed by atoms with Gasteiger partial charge in [0.2, 0.25) is 6.41 Å². The second-order valence-corrected chi connectivity index (χ2v) is 5.61. The van der Waals surface area contributed by atoms with Crippen LogP contribution < -0.4 is 14.8 Å².